The average molecular weight is 428 g/mol. The van der Waals surface area contributed by atoms with Gasteiger partial charge in [0, 0.05) is 43.9 Å². The monoisotopic (exact) mass is 427 g/mol. The molecule has 9 nitrogen and oxygen atoms in total. The maximum atomic E-state index is 11.6. The van der Waals surface area contributed by atoms with Crippen molar-refractivity contribution in [1.29, 1.82) is 0 Å². The summed E-state index contributed by atoms with van der Waals surface area (Å²) >= 11 is 0. The van der Waals surface area contributed by atoms with Gasteiger partial charge in [0.05, 0.1) is 18.7 Å². The molecule has 3 heterocycles. The molecule has 0 aliphatic carbocycles. The standard InChI is InChI=1S/C22H33N7O2/c1-22(2,3)17-12-26-18(31-17)13-28-21(24-4)27-11-15-7-5-9-25-20(15)29-10-6-8-16(14-29)19(23)30/h5,7,9,12,16H,6,8,10-11,13-14H2,1-4H3,(H2,23,30)(H2,24,27,28). The molecule has 2 aromatic rings. The number of hydrogen-bond acceptors (Lipinski definition) is 6. The van der Waals surface area contributed by atoms with E-state index in [2.05, 4.69) is 51.3 Å². The van der Waals surface area contributed by atoms with Crippen molar-refractivity contribution in [3.8, 4) is 0 Å². The highest BCUT2D eigenvalue weighted by Gasteiger charge is 2.26. The largest absolute Gasteiger partial charge is 0.443 e. The number of nitrogens with one attached hydrogen (secondary N) is 2. The van der Waals surface area contributed by atoms with Crippen LogP contribution in [0.5, 0.6) is 0 Å². The van der Waals surface area contributed by atoms with Crippen molar-refractivity contribution in [2.75, 3.05) is 25.0 Å². The van der Waals surface area contributed by atoms with Crippen LogP contribution in [0.2, 0.25) is 0 Å². The second kappa shape index (κ2) is 9.80. The molecule has 0 radical (unpaired) electrons. The van der Waals surface area contributed by atoms with E-state index in [1.807, 2.05) is 12.1 Å². The number of oxazole rings is 1. The van der Waals surface area contributed by atoms with Crippen molar-refractivity contribution in [3.63, 3.8) is 0 Å². The third kappa shape index (κ3) is 5.96. The van der Waals surface area contributed by atoms with E-state index < -0.39 is 0 Å². The number of guanidine groups is 1. The summed E-state index contributed by atoms with van der Waals surface area (Å²) in [5.74, 6) is 2.59. The molecule has 1 aliphatic rings. The van der Waals surface area contributed by atoms with Gasteiger partial charge in [-0.2, -0.15) is 0 Å². The lowest BCUT2D eigenvalue weighted by Gasteiger charge is -2.33. The fourth-order valence-corrected chi connectivity index (χ4v) is 3.55. The predicted octanol–water partition coefficient (Wildman–Crippen LogP) is 1.93. The number of aromatic nitrogens is 2. The van der Waals surface area contributed by atoms with Gasteiger partial charge in [0.1, 0.15) is 11.6 Å². The molecule has 0 bridgehead atoms. The summed E-state index contributed by atoms with van der Waals surface area (Å²) in [5, 5.41) is 6.55. The molecule has 3 rings (SSSR count). The molecule has 1 unspecified atom stereocenters. The topological polar surface area (TPSA) is 122 Å². The van der Waals surface area contributed by atoms with Gasteiger partial charge in [-0.3, -0.25) is 9.79 Å². The highest BCUT2D eigenvalue weighted by molar-refractivity contribution is 5.79. The van der Waals surface area contributed by atoms with Crippen LogP contribution in [-0.2, 0) is 23.3 Å². The minimum Gasteiger partial charge on any atom is -0.443 e. The molecule has 1 amide bonds. The molecule has 168 valence electrons. The van der Waals surface area contributed by atoms with E-state index in [1.54, 1.807) is 19.4 Å². The van der Waals surface area contributed by atoms with E-state index in [4.69, 9.17) is 10.2 Å². The van der Waals surface area contributed by atoms with Gasteiger partial charge in [-0.05, 0) is 18.9 Å². The van der Waals surface area contributed by atoms with E-state index in [9.17, 15) is 4.79 Å². The van der Waals surface area contributed by atoms with E-state index >= 15 is 0 Å². The zero-order valence-corrected chi connectivity index (χ0v) is 18.8. The summed E-state index contributed by atoms with van der Waals surface area (Å²) in [6, 6.07) is 3.94. The smallest absolute Gasteiger partial charge is 0.222 e. The van der Waals surface area contributed by atoms with Crippen molar-refractivity contribution < 1.29 is 9.21 Å². The Morgan fingerprint density at radius 2 is 2.10 bits per heavy atom. The van der Waals surface area contributed by atoms with Gasteiger partial charge < -0.3 is 25.7 Å². The molecule has 4 N–H and O–H groups in total. The van der Waals surface area contributed by atoms with Gasteiger partial charge in [-0.15, -0.1) is 0 Å². The Morgan fingerprint density at radius 3 is 2.77 bits per heavy atom. The van der Waals surface area contributed by atoms with Gasteiger partial charge in [0.25, 0.3) is 0 Å². The Bertz CT molecular complexity index is 917. The van der Waals surface area contributed by atoms with Crippen LogP contribution in [-0.4, -0.2) is 42.0 Å². The van der Waals surface area contributed by atoms with Crippen molar-refractivity contribution in [3.05, 3.63) is 41.7 Å². The Balaban J connectivity index is 1.60. The minimum absolute atomic E-state index is 0.0795. The van der Waals surface area contributed by atoms with Crippen LogP contribution in [0.4, 0.5) is 5.82 Å². The fourth-order valence-electron chi connectivity index (χ4n) is 3.55. The lowest BCUT2D eigenvalue weighted by Crippen LogP contribution is -2.42. The first kappa shape index (κ1) is 22.6. The summed E-state index contributed by atoms with van der Waals surface area (Å²) in [7, 11) is 1.72. The molecule has 1 atom stereocenters. The zero-order valence-electron chi connectivity index (χ0n) is 18.8. The molecule has 1 aliphatic heterocycles. The Morgan fingerprint density at radius 1 is 1.32 bits per heavy atom. The maximum absolute atomic E-state index is 11.6. The number of primary amides is 1. The van der Waals surface area contributed by atoms with E-state index in [0.717, 1.165) is 36.5 Å². The normalized spacial score (nSPS) is 17.5. The van der Waals surface area contributed by atoms with Gasteiger partial charge in [-0.1, -0.05) is 26.8 Å². The van der Waals surface area contributed by atoms with Crippen molar-refractivity contribution >= 4 is 17.7 Å². The minimum atomic E-state index is -0.244. The third-order valence-corrected chi connectivity index (χ3v) is 5.36. The summed E-state index contributed by atoms with van der Waals surface area (Å²) < 4.78 is 5.82. The number of carbonyl (C=O) groups excluding carboxylic acids is 1. The summed E-state index contributed by atoms with van der Waals surface area (Å²) in [4.78, 5) is 27.0. The summed E-state index contributed by atoms with van der Waals surface area (Å²) in [6.45, 7) is 8.70. The number of nitrogens with two attached hydrogens (primary N) is 1. The van der Waals surface area contributed by atoms with Crippen LogP contribution in [0.1, 0.15) is 50.8 Å². The third-order valence-electron chi connectivity index (χ3n) is 5.36. The Kier molecular flexibility index (Phi) is 7.14. The van der Waals surface area contributed by atoms with Gasteiger partial charge in [0.2, 0.25) is 11.8 Å². The van der Waals surface area contributed by atoms with Crippen LogP contribution in [0.3, 0.4) is 0 Å². The molecular formula is C22H33N7O2. The first-order chi connectivity index (χ1) is 14.8. The Labute approximate surface area is 183 Å². The van der Waals surface area contributed by atoms with Gasteiger partial charge in [0.15, 0.2) is 5.96 Å². The van der Waals surface area contributed by atoms with Crippen molar-refractivity contribution in [1.82, 2.24) is 20.6 Å². The van der Waals surface area contributed by atoms with Gasteiger partial charge >= 0.3 is 0 Å². The van der Waals surface area contributed by atoms with E-state index in [0.29, 0.717) is 31.5 Å². The summed E-state index contributed by atoms with van der Waals surface area (Å²) in [5.41, 5.74) is 6.48. The van der Waals surface area contributed by atoms with Crippen molar-refractivity contribution in [2.45, 2.75) is 52.1 Å². The number of amides is 1. The second-order valence-corrected chi connectivity index (χ2v) is 8.82. The molecule has 0 aromatic carbocycles. The number of carbonyl (C=O) groups is 1. The van der Waals surface area contributed by atoms with Crippen LogP contribution in [0.15, 0.2) is 33.9 Å². The van der Waals surface area contributed by atoms with Crippen LogP contribution < -0.4 is 21.3 Å². The molecule has 0 saturated carbocycles. The number of hydrogen-bond donors (Lipinski definition) is 3. The van der Waals surface area contributed by atoms with Crippen LogP contribution in [0.25, 0.3) is 0 Å². The number of pyridine rings is 1. The molecule has 1 fully saturated rings. The van der Waals surface area contributed by atoms with Crippen LogP contribution >= 0.6 is 0 Å². The highest BCUT2D eigenvalue weighted by atomic mass is 16.4. The van der Waals surface area contributed by atoms with Crippen molar-refractivity contribution in [2.24, 2.45) is 16.6 Å². The van der Waals surface area contributed by atoms with E-state index in [1.165, 1.54) is 0 Å². The molecule has 9 heteroatoms. The molecule has 1 saturated heterocycles. The zero-order chi connectivity index (χ0) is 22.4. The quantitative estimate of drug-likeness (QED) is 0.476. The molecule has 31 heavy (non-hydrogen) atoms. The lowest BCUT2D eigenvalue weighted by molar-refractivity contribution is -0.122. The van der Waals surface area contributed by atoms with E-state index in [-0.39, 0.29) is 17.2 Å². The number of anilines is 1. The predicted molar refractivity (Wildman–Crippen MR) is 121 cm³/mol. The number of nitrogens with zero attached hydrogens (tertiary/aromatic N) is 4. The highest BCUT2D eigenvalue weighted by Crippen LogP contribution is 2.24. The maximum Gasteiger partial charge on any atom is 0.222 e. The summed E-state index contributed by atoms with van der Waals surface area (Å²) in [6.07, 6.45) is 5.30. The SMILES string of the molecule is CN=C(NCc1ncc(C(C)(C)C)o1)NCc1cccnc1N1CCCC(C(N)=O)C1. The second-order valence-electron chi connectivity index (χ2n) is 8.82. The molecular weight excluding hydrogens is 394 g/mol. The Hall–Kier alpha value is -3.10. The average Bonchev–Trinajstić information content (AvgIpc) is 3.24. The number of rotatable bonds is 6. The van der Waals surface area contributed by atoms with Gasteiger partial charge in [-0.25, -0.2) is 9.97 Å². The number of piperidine rings is 1. The number of aliphatic imine (C=N–C) groups is 1. The lowest BCUT2D eigenvalue weighted by atomic mass is 9.94. The first-order valence-corrected chi connectivity index (χ1v) is 10.7. The first-order valence-electron chi connectivity index (χ1n) is 10.7. The fraction of sp³-hybridized carbons (Fsp3) is 0.545. The molecule has 2 aromatic heterocycles. The molecule has 0 spiro atoms. The van der Waals surface area contributed by atoms with Crippen LogP contribution in [0, 0.1) is 5.92 Å².